The number of aryl methyl sites for hydroxylation is 2. The predicted molar refractivity (Wildman–Crippen MR) is 146 cm³/mol. The molecule has 3 rings (SSSR count). The van der Waals surface area contributed by atoms with Crippen molar-refractivity contribution in [1.29, 1.82) is 0 Å². The summed E-state index contributed by atoms with van der Waals surface area (Å²) in [5, 5.41) is 4.09. The number of hydrogen-bond acceptors (Lipinski definition) is 6. The average molecular weight is 623 g/mol. The van der Waals surface area contributed by atoms with Crippen molar-refractivity contribution in [3.63, 3.8) is 0 Å². The average Bonchev–Trinajstić information content (AvgIpc) is 2.84. The van der Waals surface area contributed by atoms with Crippen LogP contribution in [0.15, 0.2) is 51.7 Å². The fourth-order valence-electron chi connectivity index (χ4n) is 3.80. The first-order chi connectivity index (χ1) is 17.1. The summed E-state index contributed by atoms with van der Waals surface area (Å²) < 4.78 is 16.6. The number of carbonyl (C=O) groups excluding carboxylic acids is 2. The van der Waals surface area contributed by atoms with Crippen LogP contribution in [-0.4, -0.2) is 28.3 Å². The number of esters is 1. The summed E-state index contributed by atoms with van der Waals surface area (Å²) >= 11 is 7.08. The number of fused-ring (bicyclic) bond motifs is 1. The summed E-state index contributed by atoms with van der Waals surface area (Å²) in [5.74, 6) is -0.584. The van der Waals surface area contributed by atoms with Gasteiger partial charge in [0.05, 0.1) is 0 Å². The molecule has 192 valence electrons. The molecule has 0 saturated carbocycles. The standard InChI is InChI=1S/C27H29Br2NO6/c1-15(2)23(30-27(33)34-14-18-8-6-5-7-9-18)26(32)36-24-17(4)25-21(16(3)10-22(31)35-25)12-19(24)11-20(29)13-28/h5-10,12,15,20,23H,11,13-14H2,1-4H3,(H,30,33)/t20-,23-/m1/s1. The molecular formula is C27H29Br2NO6. The molecule has 0 spiro atoms. The minimum Gasteiger partial charge on any atom is -0.445 e. The van der Waals surface area contributed by atoms with Gasteiger partial charge in [-0.1, -0.05) is 76.0 Å². The van der Waals surface area contributed by atoms with Crippen molar-refractivity contribution in [2.45, 2.75) is 51.6 Å². The molecule has 1 N–H and O–H groups in total. The van der Waals surface area contributed by atoms with Gasteiger partial charge in [0.25, 0.3) is 0 Å². The van der Waals surface area contributed by atoms with E-state index < -0.39 is 23.7 Å². The minimum absolute atomic E-state index is 0.0785. The topological polar surface area (TPSA) is 94.8 Å². The zero-order chi connectivity index (χ0) is 26.4. The molecule has 0 bridgehead atoms. The van der Waals surface area contributed by atoms with Crippen LogP contribution in [0, 0.1) is 19.8 Å². The Labute approximate surface area is 226 Å². The Morgan fingerprint density at radius 1 is 1.11 bits per heavy atom. The molecule has 2 atom stereocenters. The third-order valence-corrected chi connectivity index (χ3v) is 8.01. The van der Waals surface area contributed by atoms with Gasteiger partial charge < -0.3 is 19.2 Å². The van der Waals surface area contributed by atoms with Crippen molar-refractivity contribution in [3.05, 3.63) is 75.1 Å². The van der Waals surface area contributed by atoms with Gasteiger partial charge in [-0.05, 0) is 48.9 Å². The molecule has 0 saturated heterocycles. The fourth-order valence-corrected chi connectivity index (χ4v) is 4.38. The van der Waals surface area contributed by atoms with Crippen molar-refractivity contribution in [2.75, 3.05) is 5.33 Å². The largest absolute Gasteiger partial charge is 0.445 e. The lowest BCUT2D eigenvalue weighted by molar-refractivity contribution is -0.137. The second-order valence-corrected chi connectivity index (χ2v) is 10.9. The van der Waals surface area contributed by atoms with E-state index in [0.717, 1.165) is 22.1 Å². The van der Waals surface area contributed by atoms with Gasteiger partial charge >= 0.3 is 17.7 Å². The van der Waals surface area contributed by atoms with Gasteiger partial charge in [0.1, 0.15) is 24.0 Å². The Morgan fingerprint density at radius 2 is 1.81 bits per heavy atom. The maximum Gasteiger partial charge on any atom is 0.408 e. The monoisotopic (exact) mass is 621 g/mol. The quantitative estimate of drug-likeness (QED) is 0.137. The SMILES string of the molecule is Cc1cc(=O)oc2c(C)c(OC(=O)[C@H](NC(=O)OCc3ccccc3)C(C)C)c(C[C@@H](Br)CBr)cc12. The van der Waals surface area contributed by atoms with Gasteiger partial charge in [-0.25, -0.2) is 14.4 Å². The number of alkyl halides is 2. The maximum atomic E-state index is 13.3. The number of alkyl carbamates (subject to hydrolysis) is 1. The van der Waals surface area contributed by atoms with Crippen molar-refractivity contribution in [2.24, 2.45) is 5.92 Å². The smallest absolute Gasteiger partial charge is 0.408 e. The summed E-state index contributed by atoms with van der Waals surface area (Å²) in [4.78, 5) is 37.9. The third-order valence-electron chi connectivity index (χ3n) is 5.72. The van der Waals surface area contributed by atoms with Crippen LogP contribution >= 0.6 is 31.9 Å². The van der Waals surface area contributed by atoms with Crippen LogP contribution in [0.4, 0.5) is 4.79 Å². The van der Waals surface area contributed by atoms with Crippen LogP contribution in [0.5, 0.6) is 5.75 Å². The molecule has 0 fully saturated rings. The highest BCUT2D eigenvalue weighted by Gasteiger charge is 2.29. The highest BCUT2D eigenvalue weighted by atomic mass is 79.9. The number of nitrogens with one attached hydrogen (secondary N) is 1. The van der Waals surface area contributed by atoms with Crippen molar-refractivity contribution in [3.8, 4) is 5.75 Å². The second-order valence-electron chi connectivity index (χ2n) is 8.92. The third kappa shape index (κ3) is 6.97. The molecule has 1 amide bonds. The minimum atomic E-state index is -0.948. The second kappa shape index (κ2) is 12.5. The summed E-state index contributed by atoms with van der Waals surface area (Å²) in [5.41, 5.74) is 2.82. The number of halogens is 2. The van der Waals surface area contributed by atoms with E-state index in [4.69, 9.17) is 13.9 Å². The molecule has 9 heteroatoms. The van der Waals surface area contributed by atoms with Crippen LogP contribution in [0.2, 0.25) is 0 Å². The highest BCUT2D eigenvalue weighted by molar-refractivity contribution is 9.12. The molecule has 2 aromatic carbocycles. The molecule has 3 aromatic rings. The number of benzene rings is 2. The molecular weight excluding hydrogens is 594 g/mol. The first-order valence-electron chi connectivity index (χ1n) is 11.6. The Bertz CT molecular complexity index is 1290. The van der Waals surface area contributed by atoms with Gasteiger partial charge in [-0.15, -0.1) is 0 Å². The predicted octanol–water partition coefficient (Wildman–Crippen LogP) is 5.97. The maximum absolute atomic E-state index is 13.3. The lowest BCUT2D eigenvalue weighted by Crippen LogP contribution is -2.46. The van der Waals surface area contributed by atoms with Gasteiger partial charge in [0.2, 0.25) is 0 Å². The number of rotatable bonds is 9. The normalized spacial score (nSPS) is 12.9. The van der Waals surface area contributed by atoms with E-state index in [9.17, 15) is 14.4 Å². The van der Waals surface area contributed by atoms with Crippen molar-refractivity contribution < 1.29 is 23.5 Å². The Balaban J connectivity index is 1.88. The summed E-state index contributed by atoms with van der Waals surface area (Å²) in [7, 11) is 0. The molecule has 1 aromatic heterocycles. The molecule has 0 aliphatic rings. The van der Waals surface area contributed by atoms with E-state index in [-0.39, 0.29) is 17.4 Å². The summed E-state index contributed by atoms with van der Waals surface area (Å²) in [6.45, 7) is 7.28. The van der Waals surface area contributed by atoms with Gasteiger partial charge in [-0.3, -0.25) is 0 Å². The molecule has 0 aliphatic carbocycles. The first-order valence-corrected chi connectivity index (χ1v) is 13.6. The molecule has 36 heavy (non-hydrogen) atoms. The van der Waals surface area contributed by atoms with Crippen LogP contribution in [0.1, 0.15) is 36.1 Å². The molecule has 1 heterocycles. The van der Waals surface area contributed by atoms with Gasteiger partial charge in [0, 0.05) is 27.2 Å². The van der Waals surface area contributed by atoms with E-state index in [2.05, 4.69) is 37.2 Å². The van der Waals surface area contributed by atoms with Crippen LogP contribution < -0.4 is 15.7 Å². The molecule has 0 radical (unpaired) electrons. The zero-order valence-electron chi connectivity index (χ0n) is 20.6. The van der Waals surface area contributed by atoms with E-state index in [0.29, 0.717) is 28.6 Å². The Hall–Kier alpha value is -2.65. The Morgan fingerprint density at radius 3 is 2.44 bits per heavy atom. The molecule has 0 unspecified atom stereocenters. The Kier molecular flexibility index (Phi) is 9.73. The summed E-state index contributed by atoms with van der Waals surface area (Å²) in [6.07, 6.45) is -0.159. The lowest BCUT2D eigenvalue weighted by Gasteiger charge is -2.23. The lowest BCUT2D eigenvalue weighted by atomic mass is 9.99. The molecule has 0 aliphatic heterocycles. The van der Waals surface area contributed by atoms with E-state index >= 15 is 0 Å². The number of ether oxygens (including phenoxy) is 2. The van der Waals surface area contributed by atoms with E-state index in [1.165, 1.54) is 6.07 Å². The first kappa shape index (κ1) is 27.9. The van der Waals surface area contributed by atoms with Crippen LogP contribution in [0.3, 0.4) is 0 Å². The van der Waals surface area contributed by atoms with E-state index in [1.54, 1.807) is 20.8 Å². The van der Waals surface area contributed by atoms with Crippen molar-refractivity contribution in [1.82, 2.24) is 5.32 Å². The molecule has 7 nitrogen and oxygen atoms in total. The van der Waals surface area contributed by atoms with Crippen LogP contribution in [-0.2, 0) is 22.6 Å². The van der Waals surface area contributed by atoms with Gasteiger partial charge in [-0.2, -0.15) is 0 Å². The highest BCUT2D eigenvalue weighted by Crippen LogP contribution is 2.34. The number of hydrogen-bond donors (Lipinski definition) is 1. The number of amides is 1. The summed E-state index contributed by atoms with van der Waals surface area (Å²) in [6, 6.07) is 11.6. The number of carbonyl (C=O) groups is 2. The zero-order valence-corrected chi connectivity index (χ0v) is 23.8. The van der Waals surface area contributed by atoms with E-state index in [1.807, 2.05) is 43.3 Å². The van der Waals surface area contributed by atoms with Gasteiger partial charge in [0.15, 0.2) is 0 Å². The van der Waals surface area contributed by atoms with Crippen LogP contribution in [0.25, 0.3) is 11.0 Å². The fraction of sp³-hybridized carbons (Fsp3) is 0.370. The van der Waals surface area contributed by atoms with Crippen molar-refractivity contribution >= 4 is 54.9 Å².